The van der Waals surface area contributed by atoms with E-state index in [0.717, 1.165) is 17.1 Å². The fourth-order valence-electron chi connectivity index (χ4n) is 2.61. The Balaban J connectivity index is 2.03. The molecule has 4 nitrogen and oxygen atoms in total. The number of hydrogen-bond donors (Lipinski definition) is 1. The number of aryl methyl sites for hydroxylation is 2. The van der Waals surface area contributed by atoms with Crippen LogP contribution in [0.5, 0.6) is 0 Å². The van der Waals surface area contributed by atoms with E-state index in [9.17, 15) is 4.39 Å². The molecule has 1 atom stereocenters. The molecule has 2 aromatic heterocycles. The zero-order valence-electron chi connectivity index (χ0n) is 12.5. The average Bonchev–Trinajstić information content (AvgIpc) is 3.02. The predicted octanol–water partition coefficient (Wildman–Crippen LogP) is 3.33. The Bertz CT molecular complexity index is 768. The van der Waals surface area contributed by atoms with Crippen molar-refractivity contribution in [1.29, 1.82) is 0 Å². The monoisotopic (exact) mass is 296 g/mol. The van der Waals surface area contributed by atoms with Crippen molar-refractivity contribution in [1.82, 2.24) is 19.9 Å². The Kier molecular flexibility index (Phi) is 3.96. The largest absolute Gasteiger partial charge is 0.348 e. The number of halogens is 1. The van der Waals surface area contributed by atoms with Crippen molar-refractivity contribution in [2.75, 3.05) is 0 Å². The minimum absolute atomic E-state index is 0.156. The van der Waals surface area contributed by atoms with Gasteiger partial charge >= 0.3 is 0 Å². The first-order chi connectivity index (χ1) is 10.6. The van der Waals surface area contributed by atoms with Gasteiger partial charge in [-0.2, -0.15) is 0 Å². The molecule has 0 aliphatic carbocycles. The van der Waals surface area contributed by atoms with E-state index in [1.807, 2.05) is 25.1 Å². The molecular formula is C17H17FN4. The number of nitrogens with one attached hydrogen (secondary N) is 1. The molecule has 2 heterocycles. The van der Waals surface area contributed by atoms with Crippen LogP contribution in [0.2, 0.25) is 0 Å². The highest BCUT2D eigenvalue weighted by Gasteiger charge is 2.21. The molecule has 3 aromatic rings. The molecule has 1 N–H and O–H groups in total. The quantitative estimate of drug-likeness (QED) is 0.803. The number of benzene rings is 1. The minimum Gasteiger partial charge on any atom is -0.348 e. The van der Waals surface area contributed by atoms with Gasteiger partial charge in [0.15, 0.2) is 0 Å². The average molecular weight is 296 g/mol. The number of H-pyrrole nitrogens is 1. The maximum absolute atomic E-state index is 14.6. The van der Waals surface area contributed by atoms with Crippen LogP contribution in [0.3, 0.4) is 0 Å². The third kappa shape index (κ3) is 2.88. The van der Waals surface area contributed by atoms with Crippen LogP contribution in [0.1, 0.15) is 34.1 Å². The van der Waals surface area contributed by atoms with Crippen molar-refractivity contribution in [3.05, 3.63) is 77.1 Å². The zero-order valence-corrected chi connectivity index (χ0v) is 12.5. The topological polar surface area (TPSA) is 54.5 Å². The van der Waals surface area contributed by atoms with Crippen LogP contribution < -0.4 is 0 Å². The lowest BCUT2D eigenvalue weighted by molar-refractivity contribution is 0.583. The summed E-state index contributed by atoms with van der Waals surface area (Å²) in [7, 11) is 0. The molecule has 0 aliphatic rings. The van der Waals surface area contributed by atoms with Gasteiger partial charge in [-0.1, -0.05) is 18.2 Å². The smallest absolute Gasteiger partial charge is 0.129 e. The molecule has 0 bridgehead atoms. The number of aromatic nitrogens is 4. The minimum atomic E-state index is -0.173. The van der Waals surface area contributed by atoms with Gasteiger partial charge in [0, 0.05) is 35.6 Å². The number of rotatable bonds is 4. The van der Waals surface area contributed by atoms with Crippen molar-refractivity contribution < 1.29 is 4.39 Å². The fourth-order valence-corrected chi connectivity index (χ4v) is 2.61. The second kappa shape index (κ2) is 6.05. The number of hydrogen-bond acceptors (Lipinski definition) is 3. The summed E-state index contributed by atoms with van der Waals surface area (Å²) in [6, 6.07) is 7.40. The Hall–Kier alpha value is -2.56. The van der Waals surface area contributed by atoms with Gasteiger partial charge in [-0.15, -0.1) is 0 Å². The number of nitrogens with zero attached hydrogens (tertiary/aromatic N) is 3. The van der Waals surface area contributed by atoms with E-state index < -0.39 is 0 Å². The van der Waals surface area contributed by atoms with Crippen molar-refractivity contribution in [3.63, 3.8) is 0 Å². The molecule has 0 radical (unpaired) electrons. The molecule has 0 fully saturated rings. The Morgan fingerprint density at radius 1 is 1.23 bits per heavy atom. The molecule has 0 saturated heterocycles. The van der Waals surface area contributed by atoms with Crippen LogP contribution in [0, 0.1) is 19.7 Å². The number of aromatic amines is 1. The third-order valence-electron chi connectivity index (χ3n) is 3.77. The van der Waals surface area contributed by atoms with E-state index >= 15 is 0 Å². The van der Waals surface area contributed by atoms with Crippen LogP contribution in [-0.2, 0) is 6.42 Å². The normalized spacial score (nSPS) is 12.3. The SMILES string of the molecule is Cc1cc(C[C@H](c2cnc[nH]2)c2cccc(C)c2F)ncn1. The first-order valence-corrected chi connectivity index (χ1v) is 7.16. The van der Waals surface area contributed by atoms with Crippen molar-refractivity contribution in [2.45, 2.75) is 26.2 Å². The van der Waals surface area contributed by atoms with Gasteiger partial charge in [0.25, 0.3) is 0 Å². The van der Waals surface area contributed by atoms with Crippen LogP contribution in [0.4, 0.5) is 4.39 Å². The molecule has 1 aromatic carbocycles. The van der Waals surface area contributed by atoms with Crippen LogP contribution in [0.15, 0.2) is 43.1 Å². The van der Waals surface area contributed by atoms with Crippen LogP contribution in [-0.4, -0.2) is 19.9 Å². The summed E-state index contributed by atoms with van der Waals surface area (Å²) in [6.45, 7) is 3.70. The van der Waals surface area contributed by atoms with Gasteiger partial charge in [0.2, 0.25) is 0 Å². The molecule has 5 heteroatoms. The lowest BCUT2D eigenvalue weighted by atomic mass is 9.90. The van der Waals surface area contributed by atoms with Crippen LogP contribution in [0.25, 0.3) is 0 Å². The van der Waals surface area contributed by atoms with Gasteiger partial charge in [0.05, 0.1) is 6.33 Å². The van der Waals surface area contributed by atoms with E-state index in [4.69, 9.17) is 0 Å². The van der Waals surface area contributed by atoms with Gasteiger partial charge < -0.3 is 4.98 Å². The molecule has 112 valence electrons. The summed E-state index contributed by atoms with van der Waals surface area (Å²) in [5, 5.41) is 0. The Labute approximate surface area is 128 Å². The molecule has 0 aliphatic heterocycles. The van der Waals surface area contributed by atoms with E-state index in [-0.39, 0.29) is 11.7 Å². The lowest BCUT2D eigenvalue weighted by Crippen LogP contribution is -2.10. The van der Waals surface area contributed by atoms with Crippen LogP contribution >= 0.6 is 0 Å². The van der Waals surface area contributed by atoms with Crippen molar-refractivity contribution >= 4 is 0 Å². The van der Waals surface area contributed by atoms with Gasteiger partial charge in [0.1, 0.15) is 12.1 Å². The second-order valence-corrected chi connectivity index (χ2v) is 5.39. The highest BCUT2D eigenvalue weighted by molar-refractivity contribution is 5.34. The summed E-state index contributed by atoms with van der Waals surface area (Å²) in [5.74, 6) is -0.329. The third-order valence-corrected chi connectivity index (χ3v) is 3.77. The van der Waals surface area contributed by atoms with E-state index in [1.165, 1.54) is 0 Å². The lowest BCUT2D eigenvalue weighted by Gasteiger charge is -2.17. The standard InChI is InChI=1S/C17H17FN4/c1-11-4-3-5-14(17(11)18)15(16-8-19-9-22-16)7-13-6-12(2)20-10-21-13/h3-6,8-10,15H,7H2,1-2H3,(H,19,22)/t15-/m0/s1. The Morgan fingerprint density at radius 2 is 2.09 bits per heavy atom. The summed E-state index contributed by atoms with van der Waals surface area (Å²) >= 11 is 0. The van der Waals surface area contributed by atoms with Gasteiger partial charge in [-0.3, -0.25) is 0 Å². The first kappa shape index (κ1) is 14.4. The molecule has 3 rings (SSSR count). The molecule has 0 saturated carbocycles. The fraction of sp³-hybridized carbons (Fsp3) is 0.235. The predicted molar refractivity (Wildman–Crippen MR) is 82.0 cm³/mol. The highest BCUT2D eigenvalue weighted by Crippen LogP contribution is 2.29. The zero-order chi connectivity index (χ0) is 15.5. The van der Waals surface area contributed by atoms with Gasteiger partial charge in [-0.05, 0) is 31.0 Å². The van der Waals surface area contributed by atoms with E-state index in [0.29, 0.717) is 17.5 Å². The van der Waals surface area contributed by atoms with Crippen molar-refractivity contribution in [3.8, 4) is 0 Å². The summed E-state index contributed by atoms with van der Waals surface area (Å²) in [4.78, 5) is 15.6. The molecular weight excluding hydrogens is 279 g/mol. The maximum Gasteiger partial charge on any atom is 0.129 e. The van der Waals surface area contributed by atoms with Gasteiger partial charge in [-0.25, -0.2) is 19.3 Å². The summed E-state index contributed by atoms with van der Waals surface area (Å²) in [5.41, 5.74) is 3.95. The molecule has 0 spiro atoms. The van der Waals surface area contributed by atoms with E-state index in [2.05, 4.69) is 19.9 Å². The molecule has 0 amide bonds. The second-order valence-electron chi connectivity index (χ2n) is 5.39. The Morgan fingerprint density at radius 3 is 2.82 bits per heavy atom. The van der Waals surface area contributed by atoms with Crippen molar-refractivity contribution in [2.24, 2.45) is 0 Å². The maximum atomic E-state index is 14.6. The molecule has 22 heavy (non-hydrogen) atoms. The molecule has 0 unspecified atom stereocenters. The first-order valence-electron chi connectivity index (χ1n) is 7.16. The number of imidazole rings is 1. The highest BCUT2D eigenvalue weighted by atomic mass is 19.1. The van der Waals surface area contributed by atoms with E-state index in [1.54, 1.807) is 31.8 Å². The summed E-state index contributed by atoms with van der Waals surface area (Å²) < 4.78 is 14.6. The summed E-state index contributed by atoms with van der Waals surface area (Å²) in [6.07, 6.45) is 5.48.